The number of nitrogens with zero attached hydrogens (tertiary/aromatic N) is 1. The first-order valence-corrected chi connectivity index (χ1v) is 6.61. The van der Waals surface area contributed by atoms with E-state index in [0.29, 0.717) is 6.61 Å². The van der Waals surface area contributed by atoms with Crippen LogP contribution in [0.25, 0.3) is 0 Å². The van der Waals surface area contributed by atoms with Gasteiger partial charge in [-0.05, 0) is 53.4 Å². The SMILES string of the molecule is CCNC(C)(CCCN(C)CC)C(=O)OCC. The predicted octanol–water partition coefficient (Wildman–Crippen LogP) is 1.65. The molecule has 0 aromatic rings. The molecule has 0 heterocycles. The fourth-order valence-electron chi connectivity index (χ4n) is 1.80. The van der Waals surface area contributed by atoms with E-state index >= 15 is 0 Å². The van der Waals surface area contributed by atoms with Gasteiger partial charge < -0.3 is 15.0 Å². The van der Waals surface area contributed by atoms with Crippen LogP contribution in [-0.2, 0) is 9.53 Å². The zero-order chi connectivity index (χ0) is 13.3. The van der Waals surface area contributed by atoms with Gasteiger partial charge in [0.25, 0.3) is 0 Å². The zero-order valence-corrected chi connectivity index (χ0v) is 12.0. The summed E-state index contributed by atoms with van der Waals surface area (Å²) < 4.78 is 5.13. The Bertz CT molecular complexity index is 221. The van der Waals surface area contributed by atoms with E-state index in [1.165, 1.54) is 0 Å². The number of hydrogen-bond donors (Lipinski definition) is 1. The number of hydrogen-bond acceptors (Lipinski definition) is 4. The maximum absolute atomic E-state index is 11.9. The summed E-state index contributed by atoms with van der Waals surface area (Å²) in [5, 5.41) is 3.24. The monoisotopic (exact) mass is 244 g/mol. The molecule has 0 aliphatic heterocycles. The largest absolute Gasteiger partial charge is 0.465 e. The normalized spacial score (nSPS) is 14.7. The van der Waals surface area contributed by atoms with E-state index in [4.69, 9.17) is 4.74 Å². The maximum Gasteiger partial charge on any atom is 0.326 e. The highest BCUT2D eigenvalue weighted by Gasteiger charge is 2.33. The molecule has 0 radical (unpaired) electrons. The van der Waals surface area contributed by atoms with Crippen molar-refractivity contribution in [1.29, 1.82) is 0 Å². The van der Waals surface area contributed by atoms with Crippen LogP contribution in [0.4, 0.5) is 0 Å². The molecular formula is C13H28N2O2. The molecule has 0 aliphatic rings. The molecule has 0 bridgehead atoms. The highest BCUT2D eigenvalue weighted by atomic mass is 16.5. The smallest absolute Gasteiger partial charge is 0.326 e. The summed E-state index contributed by atoms with van der Waals surface area (Å²) in [4.78, 5) is 14.1. The third-order valence-electron chi connectivity index (χ3n) is 3.05. The van der Waals surface area contributed by atoms with Gasteiger partial charge in [0.05, 0.1) is 6.61 Å². The highest BCUT2D eigenvalue weighted by Crippen LogP contribution is 2.15. The molecule has 0 amide bonds. The molecule has 102 valence electrons. The minimum atomic E-state index is -0.542. The molecule has 0 aromatic carbocycles. The Hall–Kier alpha value is -0.610. The first kappa shape index (κ1) is 16.4. The van der Waals surface area contributed by atoms with Crippen molar-refractivity contribution in [2.24, 2.45) is 0 Å². The van der Waals surface area contributed by atoms with E-state index in [2.05, 4.69) is 24.2 Å². The van der Waals surface area contributed by atoms with Gasteiger partial charge in [0.1, 0.15) is 5.54 Å². The van der Waals surface area contributed by atoms with Gasteiger partial charge in [-0.25, -0.2) is 0 Å². The Balaban J connectivity index is 4.25. The van der Waals surface area contributed by atoms with Crippen LogP contribution in [0.15, 0.2) is 0 Å². The van der Waals surface area contributed by atoms with Crippen LogP contribution >= 0.6 is 0 Å². The van der Waals surface area contributed by atoms with Gasteiger partial charge >= 0.3 is 5.97 Å². The summed E-state index contributed by atoms with van der Waals surface area (Å²) in [5.41, 5.74) is -0.542. The van der Waals surface area contributed by atoms with Gasteiger partial charge in [-0.2, -0.15) is 0 Å². The lowest BCUT2D eigenvalue weighted by Gasteiger charge is -2.28. The zero-order valence-electron chi connectivity index (χ0n) is 12.0. The third-order valence-corrected chi connectivity index (χ3v) is 3.05. The molecule has 0 saturated carbocycles. The first-order valence-electron chi connectivity index (χ1n) is 6.61. The van der Waals surface area contributed by atoms with E-state index in [9.17, 15) is 4.79 Å². The standard InChI is InChI=1S/C13H28N2O2/c1-6-14-13(4,12(16)17-8-3)10-9-11-15(5)7-2/h14H,6-11H2,1-5H3. The van der Waals surface area contributed by atoms with Crippen molar-refractivity contribution >= 4 is 5.97 Å². The van der Waals surface area contributed by atoms with Crippen molar-refractivity contribution in [3.63, 3.8) is 0 Å². The quantitative estimate of drug-likeness (QED) is 0.626. The Morgan fingerprint density at radius 2 is 2.00 bits per heavy atom. The summed E-state index contributed by atoms with van der Waals surface area (Å²) in [5.74, 6) is -0.138. The van der Waals surface area contributed by atoms with Gasteiger partial charge in [-0.15, -0.1) is 0 Å². The minimum absolute atomic E-state index is 0.138. The van der Waals surface area contributed by atoms with Crippen LogP contribution in [0, 0.1) is 0 Å². The summed E-state index contributed by atoms with van der Waals surface area (Å²) >= 11 is 0. The van der Waals surface area contributed by atoms with Crippen LogP contribution in [0.5, 0.6) is 0 Å². The Morgan fingerprint density at radius 3 is 2.47 bits per heavy atom. The number of likely N-dealkylation sites (N-methyl/N-ethyl adjacent to an activating group) is 1. The van der Waals surface area contributed by atoms with Crippen LogP contribution in [-0.4, -0.2) is 49.7 Å². The fourth-order valence-corrected chi connectivity index (χ4v) is 1.80. The van der Waals surface area contributed by atoms with Gasteiger partial charge in [0.2, 0.25) is 0 Å². The van der Waals surface area contributed by atoms with Crippen LogP contribution in [0.1, 0.15) is 40.5 Å². The van der Waals surface area contributed by atoms with Crippen molar-refractivity contribution in [2.75, 3.05) is 33.3 Å². The van der Waals surface area contributed by atoms with Gasteiger partial charge in [0.15, 0.2) is 0 Å². The minimum Gasteiger partial charge on any atom is -0.465 e. The van der Waals surface area contributed by atoms with E-state index < -0.39 is 5.54 Å². The topological polar surface area (TPSA) is 41.6 Å². The number of esters is 1. The molecule has 0 saturated heterocycles. The van der Waals surface area contributed by atoms with Crippen molar-refractivity contribution in [3.8, 4) is 0 Å². The lowest BCUT2D eigenvalue weighted by Crippen LogP contribution is -2.50. The lowest BCUT2D eigenvalue weighted by atomic mass is 9.95. The average molecular weight is 244 g/mol. The summed E-state index contributed by atoms with van der Waals surface area (Å²) in [6.45, 7) is 11.2. The summed E-state index contributed by atoms with van der Waals surface area (Å²) in [6.07, 6.45) is 1.80. The Morgan fingerprint density at radius 1 is 1.35 bits per heavy atom. The molecule has 17 heavy (non-hydrogen) atoms. The maximum atomic E-state index is 11.9. The molecule has 0 aromatic heterocycles. The number of nitrogens with one attached hydrogen (secondary N) is 1. The molecule has 1 unspecified atom stereocenters. The first-order chi connectivity index (χ1) is 8.00. The van der Waals surface area contributed by atoms with Crippen LogP contribution in [0.2, 0.25) is 0 Å². The van der Waals surface area contributed by atoms with E-state index in [-0.39, 0.29) is 5.97 Å². The second-order valence-electron chi connectivity index (χ2n) is 4.58. The Labute approximate surface area is 106 Å². The lowest BCUT2D eigenvalue weighted by molar-refractivity contribution is -0.150. The fraction of sp³-hybridized carbons (Fsp3) is 0.923. The van der Waals surface area contributed by atoms with E-state index in [1.54, 1.807) is 0 Å². The molecule has 0 spiro atoms. The molecule has 4 nitrogen and oxygen atoms in total. The number of ether oxygens (including phenoxy) is 1. The third kappa shape index (κ3) is 6.03. The van der Waals surface area contributed by atoms with Crippen molar-refractivity contribution in [2.45, 2.75) is 46.1 Å². The average Bonchev–Trinajstić information content (AvgIpc) is 2.29. The molecular weight excluding hydrogens is 216 g/mol. The van der Waals surface area contributed by atoms with Crippen molar-refractivity contribution in [3.05, 3.63) is 0 Å². The molecule has 4 heteroatoms. The summed E-state index contributed by atoms with van der Waals surface area (Å²) in [7, 11) is 2.09. The van der Waals surface area contributed by atoms with Gasteiger partial charge in [-0.3, -0.25) is 4.79 Å². The van der Waals surface area contributed by atoms with Crippen LogP contribution < -0.4 is 5.32 Å². The number of rotatable bonds is 9. The predicted molar refractivity (Wildman–Crippen MR) is 71.1 cm³/mol. The van der Waals surface area contributed by atoms with Crippen molar-refractivity contribution in [1.82, 2.24) is 10.2 Å². The highest BCUT2D eigenvalue weighted by molar-refractivity contribution is 5.80. The molecule has 1 atom stereocenters. The molecule has 0 aliphatic carbocycles. The second kappa shape index (κ2) is 8.48. The van der Waals surface area contributed by atoms with Gasteiger partial charge in [-0.1, -0.05) is 13.8 Å². The molecule has 0 fully saturated rings. The van der Waals surface area contributed by atoms with Crippen molar-refractivity contribution < 1.29 is 9.53 Å². The molecule has 0 rings (SSSR count). The number of carbonyl (C=O) groups is 1. The van der Waals surface area contributed by atoms with E-state index in [1.807, 2.05) is 20.8 Å². The van der Waals surface area contributed by atoms with Crippen LogP contribution in [0.3, 0.4) is 0 Å². The number of carbonyl (C=O) groups excluding carboxylic acids is 1. The summed E-state index contributed by atoms with van der Waals surface area (Å²) in [6, 6.07) is 0. The van der Waals surface area contributed by atoms with Gasteiger partial charge in [0, 0.05) is 0 Å². The molecule has 1 N–H and O–H groups in total. The second-order valence-corrected chi connectivity index (χ2v) is 4.58. The van der Waals surface area contributed by atoms with E-state index in [0.717, 1.165) is 32.5 Å². The Kier molecular flexibility index (Phi) is 8.17.